The summed E-state index contributed by atoms with van der Waals surface area (Å²) in [6.45, 7) is 11.2. The Hall–Kier alpha value is -1.99. The Morgan fingerprint density at radius 1 is 0.577 bits per heavy atom. The summed E-state index contributed by atoms with van der Waals surface area (Å²) in [5.74, 6) is 1.11. The van der Waals surface area contributed by atoms with Crippen molar-refractivity contribution in [3.8, 4) is 0 Å². The van der Waals surface area contributed by atoms with Crippen LogP contribution in [0.25, 0.3) is 0 Å². The molecule has 134 valence electrons. The number of aryl methyl sites for hydroxylation is 1. The molecule has 0 saturated heterocycles. The van der Waals surface area contributed by atoms with E-state index in [4.69, 9.17) is 0 Å². The van der Waals surface area contributed by atoms with E-state index in [9.17, 15) is 0 Å². The van der Waals surface area contributed by atoms with E-state index >= 15 is 0 Å². The predicted molar refractivity (Wildman–Crippen MR) is 114 cm³/mol. The van der Waals surface area contributed by atoms with Crippen LogP contribution in [-0.4, -0.2) is 0 Å². The molecule has 1 unspecified atom stereocenters. The van der Waals surface area contributed by atoms with Crippen molar-refractivity contribution in [2.24, 2.45) is 0 Å². The van der Waals surface area contributed by atoms with E-state index in [0.717, 1.165) is 0 Å². The van der Waals surface area contributed by atoms with Crippen molar-refractivity contribution < 1.29 is 0 Å². The zero-order chi connectivity index (χ0) is 18.7. The van der Waals surface area contributed by atoms with Crippen molar-refractivity contribution in [1.82, 2.24) is 0 Å². The van der Waals surface area contributed by atoms with Crippen molar-refractivity contribution in [1.29, 1.82) is 0 Å². The van der Waals surface area contributed by atoms with Gasteiger partial charge in [-0.1, -0.05) is 64.1 Å². The van der Waals surface area contributed by atoms with Crippen LogP contribution in [-0.2, 0) is 10.9 Å². The third kappa shape index (κ3) is 4.22. The molecule has 0 amide bonds. The second-order valence-electron chi connectivity index (χ2n) is 7.57. The van der Waals surface area contributed by atoms with E-state index in [1.54, 1.807) is 0 Å². The molecule has 0 spiro atoms. The Balaban J connectivity index is 2.12. The van der Waals surface area contributed by atoms with Crippen LogP contribution >= 0.6 is 0 Å². The molecular weight excluding hydrogens is 332 g/mol. The monoisotopic (exact) mass is 361 g/mol. The highest BCUT2D eigenvalue weighted by atomic mass is 32.2. The Kier molecular flexibility index (Phi) is 5.88. The maximum absolute atomic E-state index is 2.40. The summed E-state index contributed by atoms with van der Waals surface area (Å²) in [5, 5.41) is 0. The smallest absolute Gasteiger partial charge is 0.0590 e. The van der Waals surface area contributed by atoms with E-state index in [1.807, 2.05) is 0 Å². The fraction of sp³-hybridized carbons (Fsp3) is 0.280. The van der Waals surface area contributed by atoms with Gasteiger partial charge < -0.3 is 0 Å². The van der Waals surface area contributed by atoms with Crippen LogP contribution in [0, 0.1) is 6.92 Å². The van der Waals surface area contributed by atoms with E-state index in [2.05, 4.69) is 107 Å². The summed E-state index contributed by atoms with van der Waals surface area (Å²) < 4.78 is 0. The van der Waals surface area contributed by atoms with Crippen molar-refractivity contribution in [2.45, 2.75) is 61.1 Å². The normalized spacial score (nSPS) is 12.6. The molecule has 0 aliphatic rings. The minimum Gasteiger partial charge on any atom is -0.0590 e. The molecule has 0 heterocycles. The van der Waals surface area contributed by atoms with E-state index in [0.29, 0.717) is 11.8 Å². The van der Waals surface area contributed by atoms with Gasteiger partial charge in [0.2, 0.25) is 0 Å². The number of hydrogen-bond donors (Lipinski definition) is 0. The Bertz CT molecular complexity index is 859. The molecule has 1 heteroatoms. The van der Waals surface area contributed by atoms with Crippen molar-refractivity contribution in [2.75, 3.05) is 0 Å². The lowest BCUT2D eigenvalue weighted by Gasteiger charge is -2.12. The summed E-state index contributed by atoms with van der Waals surface area (Å²) in [4.78, 5) is 4.18. The summed E-state index contributed by atoms with van der Waals surface area (Å²) in [6, 6.07) is 27.3. The standard InChI is InChI=1S/C25H29S/c1-18(2)21-12-14-23(15-13-21)26(24-10-6-8-20(5)16-24)25-11-7-9-22(17-25)19(3)4/h6-19H,1-5H3/q+1. The van der Waals surface area contributed by atoms with Gasteiger partial charge in [-0.2, -0.15) is 0 Å². The Morgan fingerprint density at radius 3 is 1.73 bits per heavy atom. The molecule has 0 bridgehead atoms. The van der Waals surface area contributed by atoms with Crippen LogP contribution in [0.15, 0.2) is 87.5 Å². The first-order chi connectivity index (χ1) is 12.5. The summed E-state index contributed by atoms with van der Waals surface area (Å²) in [6.07, 6.45) is 0. The van der Waals surface area contributed by atoms with Crippen LogP contribution < -0.4 is 0 Å². The minimum absolute atomic E-state index is 0.0732. The van der Waals surface area contributed by atoms with Gasteiger partial charge in [0.1, 0.15) is 0 Å². The predicted octanol–water partition coefficient (Wildman–Crippen LogP) is 7.34. The molecule has 26 heavy (non-hydrogen) atoms. The summed E-state index contributed by atoms with van der Waals surface area (Å²) >= 11 is 0. The Labute approximate surface area is 161 Å². The van der Waals surface area contributed by atoms with Gasteiger partial charge in [-0.3, -0.25) is 0 Å². The molecule has 3 aromatic rings. The SMILES string of the molecule is Cc1cccc([S+](c2ccc(C(C)C)cc2)c2cccc(C(C)C)c2)c1. The summed E-state index contributed by atoms with van der Waals surface area (Å²) in [5.41, 5.74) is 4.13. The average Bonchev–Trinajstić information content (AvgIpc) is 2.63. The molecular formula is C25H29S+. The number of hydrogen-bond acceptors (Lipinski definition) is 0. The zero-order valence-electron chi connectivity index (χ0n) is 16.5. The largest absolute Gasteiger partial charge is 0.166 e. The van der Waals surface area contributed by atoms with Crippen LogP contribution in [0.3, 0.4) is 0 Å². The highest BCUT2D eigenvalue weighted by Crippen LogP contribution is 2.33. The van der Waals surface area contributed by atoms with Gasteiger partial charge in [-0.25, -0.2) is 0 Å². The molecule has 0 aliphatic heterocycles. The topological polar surface area (TPSA) is 0 Å². The molecule has 3 aromatic carbocycles. The third-order valence-corrected chi connectivity index (χ3v) is 6.96. The molecule has 0 aromatic heterocycles. The molecule has 0 saturated carbocycles. The molecule has 0 radical (unpaired) electrons. The Morgan fingerprint density at radius 2 is 1.15 bits per heavy atom. The lowest BCUT2D eigenvalue weighted by Crippen LogP contribution is -2.06. The maximum atomic E-state index is 2.40. The average molecular weight is 362 g/mol. The molecule has 0 N–H and O–H groups in total. The molecule has 0 nitrogen and oxygen atoms in total. The van der Waals surface area contributed by atoms with Crippen molar-refractivity contribution in [3.05, 3.63) is 89.5 Å². The van der Waals surface area contributed by atoms with Gasteiger partial charge in [-0.05, 0) is 71.8 Å². The second kappa shape index (κ2) is 8.14. The fourth-order valence-corrected chi connectivity index (χ4v) is 5.35. The first-order valence-electron chi connectivity index (χ1n) is 9.46. The van der Waals surface area contributed by atoms with Gasteiger partial charge in [0.25, 0.3) is 0 Å². The van der Waals surface area contributed by atoms with Crippen molar-refractivity contribution in [3.63, 3.8) is 0 Å². The highest BCUT2D eigenvalue weighted by molar-refractivity contribution is 7.97. The quantitative estimate of drug-likeness (QED) is 0.417. The summed E-state index contributed by atoms with van der Waals surface area (Å²) in [7, 11) is -0.0732. The first kappa shape index (κ1) is 18.8. The molecule has 1 atom stereocenters. The van der Waals surface area contributed by atoms with Crippen LogP contribution in [0.5, 0.6) is 0 Å². The van der Waals surface area contributed by atoms with Gasteiger partial charge in [0.15, 0.2) is 14.7 Å². The maximum Gasteiger partial charge on any atom is 0.166 e. The number of rotatable bonds is 5. The fourth-order valence-electron chi connectivity index (χ4n) is 3.14. The van der Waals surface area contributed by atoms with Crippen LogP contribution in [0.2, 0.25) is 0 Å². The van der Waals surface area contributed by atoms with Gasteiger partial charge in [-0.15, -0.1) is 0 Å². The van der Waals surface area contributed by atoms with E-state index in [-0.39, 0.29) is 10.9 Å². The van der Waals surface area contributed by atoms with Gasteiger partial charge in [0.05, 0.1) is 10.9 Å². The molecule has 3 rings (SSSR count). The van der Waals surface area contributed by atoms with Gasteiger partial charge >= 0.3 is 0 Å². The van der Waals surface area contributed by atoms with Crippen LogP contribution in [0.1, 0.15) is 56.2 Å². The molecule has 0 fully saturated rings. The lowest BCUT2D eigenvalue weighted by atomic mass is 10.0. The second-order valence-corrected chi connectivity index (χ2v) is 9.60. The van der Waals surface area contributed by atoms with E-state index < -0.39 is 0 Å². The highest BCUT2D eigenvalue weighted by Gasteiger charge is 2.29. The zero-order valence-corrected chi connectivity index (χ0v) is 17.3. The van der Waals surface area contributed by atoms with Crippen LogP contribution in [0.4, 0.5) is 0 Å². The third-order valence-electron chi connectivity index (χ3n) is 4.77. The van der Waals surface area contributed by atoms with Crippen molar-refractivity contribution >= 4 is 10.9 Å². The molecule has 0 aliphatic carbocycles. The first-order valence-corrected chi connectivity index (χ1v) is 10.7. The lowest BCUT2D eigenvalue weighted by molar-refractivity contribution is 0.861. The number of benzene rings is 3. The van der Waals surface area contributed by atoms with Gasteiger partial charge in [0, 0.05) is 0 Å². The van der Waals surface area contributed by atoms with E-state index in [1.165, 1.54) is 31.4 Å². The minimum atomic E-state index is -0.0732.